The van der Waals surface area contributed by atoms with Crippen molar-refractivity contribution in [1.82, 2.24) is 15.2 Å². The molecule has 0 aliphatic carbocycles. The number of ether oxygens (including phenoxy) is 1. The first-order valence-electron chi connectivity index (χ1n) is 7.25. The zero-order chi connectivity index (χ0) is 14.8. The van der Waals surface area contributed by atoms with E-state index in [1.807, 2.05) is 17.8 Å². The third-order valence-corrected chi connectivity index (χ3v) is 2.79. The van der Waals surface area contributed by atoms with Gasteiger partial charge in [-0.25, -0.2) is 0 Å². The number of aromatic nitrogens is 1. The summed E-state index contributed by atoms with van der Waals surface area (Å²) in [5, 5.41) is 6.58. The van der Waals surface area contributed by atoms with Gasteiger partial charge in [-0.2, -0.15) is 0 Å². The fourth-order valence-corrected chi connectivity index (χ4v) is 1.77. The molecule has 0 bridgehead atoms. The van der Waals surface area contributed by atoms with Crippen LogP contribution in [-0.2, 0) is 18.3 Å². The summed E-state index contributed by atoms with van der Waals surface area (Å²) in [6.07, 6.45) is 5.12. The minimum Gasteiger partial charge on any atom is -0.381 e. The van der Waals surface area contributed by atoms with Crippen LogP contribution in [0.15, 0.2) is 23.5 Å². The van der Waals surface area contributed by atoms with Crippen molar-refractivity contribution in [2.24, 2.45) is 18.0 Å². The van der Waals surface area contributed by atoms with Crippen LogP contribution in [0.3, 0.4) is 0 Å². The molecule has 0 aliphatic rings. The van der Waals surface area contributed by atoms with Crippen molar-refractivity contribution in [1.29, 1.82) is 0 Å². The lowest BCUT2D eigenvalue weighted by Crippen LogP contribution is -2.37. The van der Waals surface area contributed by atoms with Gasteiger partial charge in [-0.1, -0.05) is 13.8 Å². The lowest BCUT2D eigenvalue weighted by molar-refractivity contribution is 0.108. The highest BCUT2D eigenvalue weighted by molar-refractivity contribution is 5.79. The lowest BCUT2D eigenvalue weighted by Gasteiger charge is -2.11. The molecule has 20 heavy (non-hydrogen) atoms. The fourth-order valence-electron chi connectivity index (χ4n) is 1.77. The molecule has 0 radical (unpaired) electrons. The second-order valence-electron chi connectivity index (χ2n) is 5.36. The third kappa shape index (κ3) is 7.19. The molecule has 1 aromatic heterocycles. The third-order valence-electron chi connectivity index (χ3n) is 2.79. The second kappa shape index (κ2) is 9.42. The smallest absolute Gasteiger partial charge is 0.191 e. The summed E-state index contributed by atoms with van der Waals surface area (Å²) >= 11 is 0. The van der Waals surface area contributed by atoms with Gasteiger partial charge in [0.1, 0.15) is 0 Å². The Balaban J connectivity index is 2.11. The molecule has 114 valence electrons. The quantitative estimate of drug-likeness (QED) is 0.433. The predicted octanol–water partition coefficient (Wildman–Crippen LogP) is 1.75. The van der Waals surface area contributed by atoms with Crippen LogP contribution in [0.5, 0.6) is 0 Å². The van der Waals surface area contributed by atoms with Gasteiger partial charge in [0.15, 0.2) is 5.96 Å². The van der Waals surface area contributed by atoms with E-state index < -0.39 is 0 Å². The van der Waals surface area contributed by atoms with Gasteiger partial charge in [0.05, 0.1) is 0 Å². The minimum absolute atomic E-state index is 0.600. The molecule has 0 saturated carbocycles. The average Bonchev–Trinajstić information content (AvgIpc) is 2.82. The summed E-state index contributed by atoms with van der Waals surface area (Å²) in [7, 11) is 3.81. The van der Waals surface area contributed by atoms with Crippen LogP contribution in [0.4, 0.5) is 0 Å². The van der Waals surface area contributed by atoms with Crippen LogP contribution in [0.2, 0.25) is 0 Å². The Hall–Kier alpha value is -1.49. The Morgan fingerprint density at radius 3 is 2.80 bits per heavy atom. The van der Waals surface area contributed by atoms with Gasteiger partial charge in [-0.15, -0.1) is 0 Å². The summed E-state index contributed by atoms with van der Waals surface area (Å²) in [6, 6.07) is 2.10. The molecule has 2 N–H and O–H groups in total. The van der Waals surface area contributed by atoms with E-state index >= 15 is 0 Å². The molecule has 1 rings (SSSR count). The summed E-state index contributed by atoms with van der Waals surface area (Å²) in [6.45, 7) is 7.60. The molecule has 1 heterocycles. The number of nitrogens with zero attached hydrogens (tertiary/aromatic N) is 2. The maximum absolute atomic E-state index is 5.54. The van der Waals surface area contributed by atoms with E-state index in [2.05, 4.69) is 41.7 Å². The van der Waals surface area contributed by atoms with E-state index in [9.17, 15) is 0 Å². The first-order valence-corrected chi connectivity index (χ1v) is 7.25. The Morgan fingerprint density at radius 2 is 2.20 bits per heavy atom. The second-order valence-corrected chi connectivity index (χ2v) is 5.36. The zero-order valence-electron chi connectivity index (χ0n) is 13.1. The van der Waals surface area contributed by atoms with Crippen LogP contribution < -0.4 is 10.6 Å². The van der Waals surface area contributed by atoms with Crippen molar-refractivity contribution in [2.45, 2.75) is 26.8 Å². The highest BCUT2D eigenvalue weighted by Crippen LogP contribution is 1.98. The normalized spacial score (nSPS) is 11.9. The number of aliphatic imine (C=N–C) groups is 1. The number of rotatable bonds is 8. The number of hydrogen-bond acceptors (Lipinski definition) is 2. The zero-order valence-corrected chi connectivity index (χ0v) is 13.1. The Labute approximate surface area is 122 Å². The van der Waals surface area contributed by atoms with Crippen LogP contribution in [-0.4, -0.2) is 37.3 Å². The molecule has 5 heteroatoms. The molecular formula is C15H28N4O. The van der Waals surface area contributed by atoms with E-state index in [-0.39, 0.29) is 0 Å². The monoisotopic (exact) mass is 280 g/mol. The number of nitrogens with one attached hydrogen (secondary N) is 2. The van der Waals surface area contributed by atoms with Gasteiger partial charge < -0.3 is 19.9 Å². The van der Waals surface area contributed by atoms with Crippen molar-refractivity contribution >= 4 is 5.96 Å². The van der Waals surface area contributed by atoms with Gasteiger partial charge in [0, 0.05) is 52.8 Å². The SMILES string of the molecule is CN=C(NCCCOCC(C)C)NCc1ccn(C)c1. The Bertz CT molecular complexity index is 398. The highest BCUT2D eigenvalue weighted by atomic mass is 16.5. The van der Waals surface area contributed by atoms with E-state index in [0.29, 0.717) is 5.92 Å². The van der Waals surface area contributed by atoms with Crippen molar-refractivity contribution < 1.29 is 4.74 Å². The molecule has 0 aliphatic heterocycles. The molecule has 0 aromatic carbocycles. The van der Waals surface area contributed by atoms with Crippen LogP contribution in [0.25, 0.3) is 0 Å². The first kappa shape index (κ1) is 16.6. The summed E-state index contributed by atoms with van der Waals surface area (Å²) < 4.78 is 7.58. The average molecular weight is 280 g/mol. The number of guanidine groups is 1. The lowest BCUT2D eigenvalue weighted by atomic mass is 10.2. The van der Waals surface area contributed by atoms with E-state index in [1.54, 1.807) is 7.05 Å². The van der Waals surface area contributed by atoms with Gasteiger partial charge >= 0.3 is 0 Å². The predicted molar refractivity (Wildman–Crippen MR) is 83.9 cm³/mol. The molecule has 0 fully saturated rings. The van der Waals surface area contributed by atoms with Gasteiger partial charge in [-0.05, 0) is 24.0 Å². The molecule has 0 saturated heterocycles. The molecule has 5 nitrogen and oxygen atoms in total. The van der Waals surface area contributed by atoms with Gasteiger partial charge in [0.25, 0.3) is 0 Å². The first-order chi connectivity index (χ1) is 9.61. The molecule has 0 amide bonds. The summed E-state index contributed by atoms with van der Waals surface area (Å²) in [4.78, 5) is 4.20. The largest absolute Gasteiger partial charge is 0.381 e. The van der Waals surface area contributed by atoms with Gasteiger partial charge in [-0.3, -0.25) is 4.99 Å². The van der Waals surface area contributed by atoms with E-state index in [4.69, 9.17) is 4.74 Å². The Morgan fingerprint density at radius 1 is 1.40 bits per heavy atom. The van der Waals surface area contributed by atoms with Crippen LogP contribution in [0.1, 0.15) is 25.8 Å². The fraction of sp³-hybridized carbons (Fsp3) is 0.667. The van der Waals surface area contributed by atoms with Crippen molar-refractivity contribution in [2.75, 3.05) is 26.8 Å². The van der Waals surface area contributed by atoms with E-state index in [1.165, 1.54) is 5.56 Å². The summed E-state index contributed by atoms with van der Waals surface area (Å²) in [5.74, 6) is 1.43. The Kier molecular flexibility index (Phi) is 7.80. The van der Waals surface area contributed by atoms with E-state index in [0.717, 1.165) is 38.7 Å². The number of aryl methyl sites for hydroxylation is 1. The maximum Gasteiger partial charge on any atom is 0.191 e. The van der Waals surface area contributed by atoms with Crippen molar-refractivity contribution in [3.63, 3.8) is 0 Å². The molecule has 0 unspecified atom stereocenters. The number of hydrogen-bond donors (Lipinski definition) is 2. The standard InChI is InChI=1S/C15H28N4O/c1-13(2)12-20-9-5-7-17-15(16-3)18-10-14-6-8-19(4)11-14/h6,8,11,13H,5,7,9-10,12H2,1-4H3,(H2,16,17,18). The summed E-state index contributed by atoms with van der Waals surface area (Å²) in [5.41, 5.74) is 1.25. The van der Waals surface area contributed by atoms with Crippen LogP contribution >= 0.6 is 0 Å². The topological polar surface area (TPSA) is 50.6 Å². The van der Waals surface area contributed by atoms with Crippen LogP contribution in [0, 0.1) is 5.92 Å². The van der Waals surface area contributed by atoms with Gasteiger partial charge in [0.2, 0.25) is 0 Å². The highest BCUT2D eigenvalue weighted by Gasteiger charge is 1.99. The van der Waals surface area contributed by atoms with Crippen molar-refractivity contribution in [3.8, 4) is 0 Å². The maximum atomic E-state index is 5.54. The molecule has 1 aromatic rings. The minimum atomic E-state index is 0.600. The molecular weight excluding hydrogens is 252 g/mol. The van der Waals surface area contributed by atoms with Crippen molar-refractivity contribution in [3.05, 3.63) is 24.0 Å². The molecule has 0 atom stereocenters. The molecule has 0 spiro atoms.